The summed E-state index contributed by atoms with van der Waals surface area (Å²) >= 11 is 2.03. The normalized spacial score (nSPS) is 23.3. The monoisotopic (exact) mass is 265 g/mol. The van der Waals surface area contributed by atoms with Crippen molar-refractivity contribution in [3.8, 4) is 5.75 Å². The Balaban J connectivity index is 2.49. The molecule has 1 heterocycles. The highest BCUT2D eigenvalue weighted by Gasteiger charge is 2.25. The summed E-state index contributed by atoms with van der Waals surface area (Å²) in [6, 6.07) is 4.75. The number of methoxy groups -OCH3 is 1. The number of ether oxygens (including phenoxy) is 1. The van der Waals surface area contributed by atoms with Gasteiger partial charge < -0.3 is 10.1 Å². The number of fused-ring (bicyclic) bond motifs is 1. The van der Waals surface area contributed by atoms with Crippen molar-refractivity contribution in [2.45, 2.75) is 44.2 Å². The predicted octanol–water partition coefficient (Wildman–Crippen LogP) is 3.68. The van der Waals surface area contributed by atoms with Gasteiger partial charge in [0.1, 0.15) is 5.75 Å². The Kier molecular flexibility index (Phi) is 4.57. The van der Waals surface area contributed by atoms with E-state index in [1.807, 2.05) is 11.8 Å². The molecule has 0 spiro atoms. The molecule has 0 amide bonds. The summed E-state index contributed by atoms with van der Waals surface area (Å²) in [6.07, 6.45) is 1.19. The SMILES string of the molecule is CCNC1CC(C)SCc2c(OC)ccc(C)c21. The van der Waals surface area contributed by atoms with E-state index in [2.05, 4.69) is 38.2 Å². The zero-order chi connectivity index (χ0) is 13.1. The number of hydrogen-bond donors (Lipinski definition) is 1. The summed E-state index contributed by atoms with van der Waals surface area (Å²) < 4.78 is 5.54. The van der Waals surface area contributed by atoms with E-state index in [-0.39, 0.29) is 0 Å². The van der Waals surface area contributed by atoms with Gasteiger partial charge in [-0.3, -0.25) is 0 Å². The minimum absolute atomic E-state index is 0.463. The second kappa shape index (κ2) is 5.98. The summed E-state index contributed by atoms with van der Waals surface area (Å²) in [5, 5.41) is 4.32. The molecular weight excluding hydrogens is 242 g/mol. The summed E-state index contributed by atoms with van der Waals surface area (Å²) in [6.45, 7) is 7.72. The van der Waals surface area contributed by atoms with Crippen LogP contribution in [0.5, 0.6) is 5.75 Å². The van der Waals surface area contributed by atoms with Gasteiger partial charge in [-0.05, 0) is 37.1 Å². The number of rotatable bonds is 3. The number of benzene rings is 1. The first-order valence-electron chi connectivity index (χ1n) is 6.68. The van der Waals surface area contributed by atoms with Crippen LogP contribution in [0.4, 0.5) is 0 Å². The van der Waals surface area contributed by atoms with Crippen molar-refractivity contribution in [2.24, 2.45) is 0 Å². The van der Waals surface area contributed by atoms with E-state index in [0.29, 0.717) is 11.3 Å². The van der Waals surface area contributed by atoms with Crippen LogP contribution >= 0.6 is 11.8 Å². The van der Waals surface area contributed by atoms with Crippen LogP contribution in [-0.2, 0) is 5.75 Å². The summed E-state index contributed by atoms with van der Waals surface area (Å²) in [4.78, 5) is 0. The van der Waals surface area contributed by atoms with Crippen LogP contribution in [0.25, 0.3) is 0 Å². The number of nitrogens with one attached hydrogen (secondary N) is 1. The Morgan fingerprint density at radius 2 is 2.22 bits per heavy atom. The Labute approximate surface area is 114 Å². The van der Waals surface area contributed by atoms with Gasteiger partial charge in [-0.1, -0.05) is 19.9 Å². The molecule has 3 heteroatoms. The summed E-state index contributed by atoms with van der Waals surface area (Å²) in [5.74, 6) is 2.10. The first-order valence-corrected chi connectivity index (χ1v) is 7.73. The molecule has 0 bridgehead atoms. The van der Waals surface area contributed by atoms with Crippen molar-refractivity contribution >= 4 is 11.8 Å². The fourth-order valence-electron chi connectivity index (χ4n) is 2.76. The lowest BCUT2D eigenvalue weighted by Crippen LogP contribution is -2.24. The lowest BCUT2D eigenvalue weighted by atomic mass is 9.92. The van der Waals surface area contributed by atoms with Crippen molar-refractivity contribution in [1.82, 2.24) is 5.32 Å². The average Bonchev–Trinajstić information content (AvgIpc) is 2.51. The first-order chi connectivity index (χ1) is 8.67. The molecule has 0 fully saturated rings. The highest BCUT2D eigenvalue weighted by Crippen LogP contribution is 2.40. The fraction of sp³-hybridized carbons (Fsp3) is 0.600. The Bertz CT molecular complexity index is 419. The standard InChI is InChI=1S/C15H23NOS/c1-5-16-13-8-11(3)18-9-12-14(17-4)7-6-10(2)15(12)13/h6-7,11,13,16H,5,8-9H2,1-4H3. The molecule has 1 N–H and O–H groups in total. The molecule has 0 radical (unpaired) electrons. The molecule has 0 saturated carbocycles. The van der Waals surface area contributed by atoms with Gasteiger partial charge in [-0.2, -0.15) is 11.8 Å². The van der Waals surface area contributed by atoms with E-state index in [1.165, 1.54) is 23.1 Å². The zero-order valence-corrected chi connectivity index (χ0v) is 12.6. The Morgan fingerprint density at radius 3 is 2.89 bits per heavy atom. The second-order valence-electron chi connectivity index (χ2n) is 4.94. The molecule has 2 atom stereocenters. The van der Waals surface area contributed by atoms with Crippen LogP contribution in [0.2, 0.25) is 0 Å². The maximum Gasteiger partial charge on any atom is 0.123 e. The summed E-state index contributed by atoms with van der Waals surface area (Å²) in [5.41, 5.74) is 4.23. The average molecular weight is 265 g/mol. The number of hydrogen-bond acceptors (Lipinski definition) is 3. The van der Waals surface area contributed by atoms with Gasteiger partial charge in [-0.15, -0.1) is 0 Å². The van der Waals surface area contributed by atoms with E-state index in [1.54, 1.807) is 7.11 Å². The molecule has 1 aromatic rings. The molecule has 1 aliphatic heterocycles. The molecule has 2 unspecified atom stereocenters. The molecule has 18 heavy (non-hydrogen) atoms. The van der Waals surface area contributed by atoms with Crippen molar-refractivity contribution < 1.29 is 4.74 Å². The first kappa shape index (κ1) is 13.8. The molecule has 0 saturated heterocycles. The largest absolute Gasteiger partial charge is 0.496 e. The molecule has 100 valence electrons. The Hall–Kier alpha value is -0.670. The van der Waals surface area contributed by atoms with Crippen LogP contribution in [0.15, 0.2) is 12.1 Å². The Morgan fingerprint density at radius 1 is 1.44 bits per heavy atom. The minimum Gasteiger partial charge on any atom is -0.496 e. The van der Waals surface area contributed by atoms with Crippen LogP contribution in [0.3, 0.4) is 0 Å². The second-order valence-corrected chi connectivity index (χ2v) is 6.37. The van der Waals surface area contributed by atoms with Crippen LogP contribution in [0, 0.1) is 6.92 Å². The van der Waals surface area contributed by atoms with Crippen molar-refractivity contribution in [3.63, 3.8) is 0 Å². The van der Waals surface area contributed by atoms with Gasteiger partial charge in [0, 0.05) is 22.6 Å². The van der Waals surface area contributed by atoms with Gasteiger partial charge in [0.25, 0.3) is 0 Å². The van der Waals surface area contributed by atoms with E-state index < -0.39 is 0 Å². The number of thioether (sulfide) groups is 1. The highest BCUT2D eigenvalue weighted by atomic mass is 32.2. The third-order valence-corrected chi connectivity index (χ3v) is 4.85. The topological polar surface area (TPSA) is 21.3 Å². The molecule has 1 aliphatic rings. The summed E-state index contributed by atoms with van der Waals surface area (Å²) in [7, 11) is 1.77. The van der Waals surface area contributed by atoms with Crippen molar-refractivity contribution in [3.05, 3.63) is 28.8 Å². The third kappa shape index (κ3) is 2.67. The maximum atomic E-state index is 5.54. The van der Waals surface area contributed by atoms with Crippen LogP contribution in [-0.4, -0.2) is 18.9 Å². The highest BCUT2D eigenvalue weighted by molar-refractivity contribution is 7.99. The van der Waals surface area contributed by atoms with Gasteiger partial charge in [0.15, 0.2) is 0 Å². The molecule has 0 aliphatic carbocycles. The fourth-order valence-corrected chi connectivity index (χ4v) is 3.84. The van der Waals surface area contributed by atoms with E-state index in [0.717, 1.165) is 18.0 Å². The van der Waals surface area contributed by atoms with Crippen LogP contribution < -0.4 is 10.1 Å². The van der Waals surface area contributed by atoms with Crippen LogP contribution in [0.1, 0.15) is 43.0 Å². The molecular formula is C15H23NOS. The number of aryl methyl sites for hydroxylation is 1. The lowest BCUT2D eigenvalue weighted by Gasteiger charge is -2.23. The predicted molar refractivity (Wildman–Crippen MR) is 79.5 cm³/mol. The van der Waals surface area contributed by atoms with E-state index in [9.17, 15) is 0 Å². The van der Waals surface area contributed by atoms with Crippen molar-refractivity contribution in [2.75, 3.05) is 13.7 Å². The van der Waals surface area contributed by atoms with E-state index in [4.69, 9.17) is 4.74 Å². The zero-order valence-electron chi connectivity index (χ0n) is 11.7. The van der Waals surface area contributed by atoms with Gasteiger partial charge in [0.2, 0.25) is 0 Å². The minimum atomic E-state index is 0.463. The van der Waals surface area contributed by atoms with E-state index >= 15 is 0 Å². The molecule has 1 aromatic carbocycles. The van der Waals surface area contributed by atoms with Crippen molar-refractivity contribution in [1.29, 1.82) is 0 Å². The van der Waals surface area contributed by atoms with Gasteiger partial charge >= 0.3 is 0 Å². The quantitative estimate of drug-likeness (QED) is 0.901. The lowest BCUT2D eigenvalue weighted by molar-refractivity contribution is 0.408. The molecule has 2 rings (SSSR count). The van der Waals surface area contributed by atoms with Gasteiger partial charge in [0.05, 0.1) is 7.11 Å². The molecule has 2 nitrogen and oxygen atoms in total. The van der Waals surface area contributed by atoms with Gasteiger partial charge in [-0.25, -0.2) is 0 Å². The smallest absolute Gasteiger partial charge is 0.123 e. The molecule has 0 aromatic heterocycles. The maximum absolute atomic E-state index is 5.54. The third-order valence-electron chi connectivity index (χ3n) is 3.63.